The monoisotopic (exact) mass is 361 g/mol. The van der Waals surface area contributed by atoms with E-state index in [-0.39, 0.29) is 20.4 Å². The molecule has 2 aromatic carbocycles. The third-order valence-corrected chi connectivity index (χ3v) is 5.36. The summed E-state index contributed by atoms with van der Waals surface area (Å²) < 4.78 is 2.01. The molecule has 2 unspecified atom stereocenters. The lowest BCUT2D eigenvalue weighted by Crippen LogP contribution is -2.29. The molecule has 0 saturated heterocycles. The van der Waals surface area contributed by atoms with Gasteiger partial charge < -0.3 is 9.88 Å². The fraction of sp³-hybridized carbons (Fsp3) is 0.190. The van der Waals surface area contributed by atoms with Crippen molar-refractivity contribution in [1.29, 1.82) is 0 Å². The summed E-state index contributed by atoms with van der Waals surface area (Å²) in [5.41, 5.74) is 3.97. The van der Waals surface area contributed by atoms with Gasteiger partial charge >= 0.3 is 0 Å². The minimum Gasteiger partial charge on any atom is -0.377 e. The van der Waals surface area contributed by atoms with E-state index in [1.807, 2.05) is 36.0 Å². The molecule has 4 aromatic rings. The van der Waals surface area contributed by atoms with Crippen molar-refractivity contribution in [2.75, 3.05) is 5.32 Å². The van der Waals surface area contributed by atoms with Crippen molar-refractivity contribution in [3.8, 4) is 0 Å². The number of rotatable bonds is 2. The van der Waals surface area contributed by atoms with Crippen molar-refractivity contribution in [3.05, 3.63) is 87.9 Å². The molecular weight excluding hydrogens is 338 g/mol. The highest BCUT2D eigenvalue weighted by molar-refractivity contribution is 5.97. The van der Waals surface area contributed by atoms with Crippen molar-refractivity contribution < 1.29 is 2.85 Å². The smallest absolute Gasteiger partial charge is 0.272 e. The molecule has 0 radical (unpaired) electrons. The van der Waals surface area contributed by atoms with Gasteiger partial charge in [0.1, 0.15) is 5.82 Å². The minimum absolute atomic E-state index is 0. The lowest BCUT2D eigenvalue weighted by Gasteiger charge is -2.34. The lowest BCUT2D eigenvalue weighted by atomic mass is 9.83. The molecule has 2 N–H and O–H groups in total. The van der Waals surface area contributed by atoms with Gasteiger partial charge in [-0.1, -0.05) is 35.9 Å². The second kappa shape index (κ2) is 5.81. The van der Waals surface area contributed by atoms with Gasteiger partial charge in [-0.25, -0.2) is 10.1 Å². The van der Waals surface area contributed by atoms with Crippen LogP contribution in [0.1, 0.15) is 37.5 Å². The van der Waals surface area contributed by atoms with Gasteiger partial charge in [-0.3, -0.25) is 4.79 Å². The SMILES string of the molecule is Cc1ccc(C2Nc3cccc4c(=O)[nH]nc(c34)C2c2nccn2C)cc1.[HH].[HH]. The summed E-state index contributed by atoms with van der Waals surface area (Å²) >= 11 is 0. The van der Waals surface area contributed by atoms with E-state index in [9.17, 15) is 4.79 Å². The Balaban J connectivity index is 0.00000120. The van der Waals surface area contributed by atoms with E-state index in [0.29, 0.717) is 5.39 Å². The van der Waals surface area contributed by atoms with Crippen molar-refractivity contribution in [2.24, 2.45) is 7.05 Å². The van der Waals surface area contributed by atoms with Gasteiger partial charge in [0.2, 0.25) is 0 Å². The standard InChI is InChI=1S/C21H19N5O.2H2/c1-12-6-8-13(9-7-12)18-17(20-22-10-11-26(20)2)19-16-14(21(27)25-24-19)4-3-5-15(16)23-18;;/h3-11,17-18,23H,1-2H3,(H,25,27);2*1H. The van der Waals surface area contributed by atoms with Crippen LogP contribution in [0.15, 0.2) is 59.7 Å². The van der Waals surface area contributed by atoms with Crippen LogP contribution < -0.4 is 10.9 Å². The van der Waals surface area contributed by atoms with Crippen LogP contribution in [0.3, 0.4) is 0 Å². The summed E-state index contributed by atoms with van der Waals surface area (Å²) in [6.45, 7) is 2.08. The van der Waals surface area contributed by atoms with E-state index in [1.165, 1.54) is 5.56 Å². The van der Waals surface area contributed by atoms with Gasteiger partial charge in [-0.05, 0) is 24.6 Å². The topological polar surface area (TPSA) is 75.6 Å². The van der Waals surface area contributed by atoms with Crippen molar-refractivity contribution in [3.63, 3.8) is 0 Å². The van der Waals surface area contributed by atoms with E-state index in [4.69, 9.17) is 0 Å². The fourth-order valence-corrected chi connectivity index (χ4v) is 4.00. The van der Waals surface area contributed by atoms with Crippen molar-refractivity contribution in [2.45, 2.75) is 18.9 Å². The Morgan fingerprint density at radius 2 is 1.96 bits per heavy atom. The first-order valence-corrected chi connectivity index (χ1v) is 8.95. The first kappa shape index (κ1) is 15.8. The van der Waals surface area contributed by atoms with Crippen LogP contribution in [0, 0.1) is 6.92 Å². The molecule has 0 fully saturated rings. The molecule has 1 aliphatic rings. The Morgan fingerprint density at radius 3 is 2.70 bits per heavy atom. The summed E-state index contributed by atoms with van der Waals surface area (Å²) in [5.74, 6) is 0.783. The molecule has 6 heteroatoms. The highest BCUT2D eigenvalue weighted by Gasteiger charge is 2.36. The highest BCUT2D eigenvalue weighted by Crippen LogP contribution is 2.45. The average Bonchev–Trinajstić information content (AvgIpc) is 3.10. The zero-order chi connectivity index (χ0) is 18.5. The van der Waals surface area contributed by atoms with Gasteiger partial charge in [0, 0.05) is 33.4 Å². The number of nitrogens with one attached hydrogen (secondary N) is 2. The van der Waals surface area contributed by atoms with Crippen LogP contribution in [0.25, 0.3) is 10.8 Å². The molecule has 0 spiro atoms. The lowest BCUT2D eigenvalue weighted by molar-refractivity contribution is 0.584. The van der Waals surface area contributed by atoms with E-state index in [1.54, 1.807) is 6.20 Å². The quantitative estimate of drug-likeness (QED) is 0.570. The molecular formula is C21H23N5O. The zero-order valence-corrected chi connectivity index (χ0v) is 15.1. The number of H-pyrrole nitrogens is 1. The van der Waals surface area contributed by atoms with Gasteiger partial charge in [0.25, 0.3) is 5.56 Å². The first-order chi connectivity index (χ1) is 13.1. The molecule has 27 heavy (non-hydrogen) atoms. The third-order valence-electron chi connectivity index (χ3n) is 5.36. The summed E-state index contributed by atoms with van der Waals surface area (Å²) in [5, 5.41) is 12.3. The van der Waals surface area contributed by atoms with Gasteiger partial charge in [0.05, 0.1) is 23.0 Å². The molecule has 0 bridgehead atoms. The normalized spacial score (nSPS) is 18.4. The van der Waals surface area contributed by atoms with Crippen LogP contribution in [0.5, 0.6) is 0 Å². The van der Waals surface area contributed by atoms with Crippen molar-refractivity contribution >= 4 is 16.5 Å². The molecule has 6 nitrogen and oxygen atoms in total. The molecule has 0 aliphatic carbocycles. The minimum atomic E-state index is -0.176. The predicted octanol–water partition coefficient (Wildman–Crippen LogP) is 3.76. The van der Waals surface area contributed by atoms with Gasteiger partial charge in [-0.15, -0.1) is 0 Å². The van der Waals surface area contributed by atoms with Crippen molar-refractivity contribution in [1.82, 2.24) is 19.7 Å². The molecule has 0 amide bonds. The van der Waals surface area contributed by atoms with Crippen LogP contribution in [0.2, 0.25) is 0 Å². The second-order valence-corrected chi connectivity index (χ2v) is 7.07. The Kier molecular flexibility index (Phi) is 3.40. The number of hydrogen-bond donors (Lipinski definition) is 2. The van der Waals surface area contributed by atoms with E-state index < -0.39 is 0 Å². The number of anilines is 1. The number of benzene rings is 2. The second-order valence-electron chi connectivity index (χ2n) is 7.07. The Labute approximate surface area is 158 Å². The van der Waals surface area contributed by atoms with E-state index in [0.717, 1.165) is 28.2 Å². The molecule has 1 aliphatic heterocycles. The molecule has 2 aromatic heterocycles. The molecule has 3 heterocycles. The molecule has 0 saturated carbocycles. The summed E-state index contributed by atoms with van der Waals surface area (Å²) in [6.07, 6.45) is 3.73. The fourth-order valence-electron chi connectivity index (χ4n) is 4.00. The summed E-state index contributed by atoms with van der Waals surface area (Å²) in [7, 11) is 1.98. The maximum absolute atomic E-state index is 12.3. The van der Waals surface area contributed by atoms with E-state index >= 15 is 0 Å². The zero-order valence-electron chi connectivity index (χ0n) is 15.1. The van der Waals surface area contributed by atoms with Crippen LogP contribution in [-0.4, -0.2) is 19.7 Å². The largest absolute Gasteiger partial charge is 0.377 e. The van der Waals surface area contributed by atoms with Crippen LogP contribution >= 0.6 is 0 Å². The summed E-state index contributed by atoms with van der Waals surface area (Å²) in [6, 6.07) is 14.2. The molecule has 5 rings (SSSR count). The van der Waals surface area contributed by atoms with Gasteiger partial charge in [0.15, 0.2) is 0 Å². The van der Waals surface area contributed by atoms with E-state index in [2.05, 4.69) is 51.7 Å². The summed E-state index contributed by atoms with van der Waals surface area (Å²) in [4.78, 5) is 16.9. The van der Waals surface area contributed by atoms with Gasteiger partial charge in [-0.2, -0.15) is 5.10 Å². The number of aromatic amines is 1. The molecule has 2 atom stereocenters. The number of aromatic nitrogens is 4. The average molecular weight is 361 g/mol. The number of nitrogens with zero attached hydrogens (tertiary/aromatic N) is 3. The van der Waals surface area contributed by atoms with Crippen LogP contribution in [0.4, 0.5) is 5.69 Å². The Hall–Kier alpha value is -3.41. The van der Waals surface area contributed by atoms with Crippen LogP contribution in [-0.2, 0) is 7.05 Å². The Morgan fingerprint density at radius 1 is 1.15 bits per heavy atom. The number of hydrogen-bond acceptors (Lipinski definition) is 4. The third kappa shape index (κ3) is 2.37. The number of aryl methyl sites for hydroxylation is 2. The number of imidazole rings is 1. The predicted molar refractivity (Wildman–Crippen MR) is 109 cm³/mol. The first-order valence-electron chi connectivity index (χ1n) is 8.95. The maximum atomic E-state index is 12.3. The maximum Gasteiger partial charge on any atom is 0.272 e. The molecule has 138 valence electrons. The highest BCUT2D eigenvalue weighted by atomic mass is 16.1. The Bertz CT molecular complexity index is 1220.